The molecule has 0 bridgehead atoms. The summed E-state index contributed by atoms with van der Waals surface area (Å²) in [6, 6.07) is 12.7. The molecule has 4 N–H and O–H groups in total. The molecule has 5 unspecified atom stereocenters. The molecule has 2 saturated heterocycles. The fourth-order valence-electron chi connectivity index (χ4n) is 11.0. The Bertz CT molecular complexity index is 3100. The van der Waals surface area contributed by atoms with Crippen molar-refractivity contribution < 1.29 is 37.8 Å². The van der Waals surface area contributed by atoms with Crippen LogP contribution in [-0.2, 0) is 31.0 Å². The number of hydrogen-bond donors (Lipinski definition) is 4. The zero-order valence-corrected chi connectivity index (χ0v) is 41.0. The number of likely N-dealkylation sites (tertiary alicyclic amines) is 2. The number of aromatic amines is 2. The highest BCUT2D eigenvalue weighted by Crippen LogP contribution is 2.62. The lowest BCUT2D eigenvalue weighted by atomic mass is 9.86. The van der Waals surface area contributed by atoms with Crippen molar-refractivity contribution in [2.75, 3.05) is 38.8 Å². The SMILES string of the molecule is COC(=O)NCC(=O)N1CCC2CC21c1ncc(-c2cc(F)c3c(c2)OC(c2cnc(-c4ccc(C)cn4)s2)N2c4ccc(-c5cnc([C@@H]6CCCN6C(=O)C(C)(NC(=O)OC)C(C)C)[nH]5)cc4CC32)[nH]1. The number of nitrogens with one attached hydrogen (secondary N) is 4. The van der Waals surface area contributed by atoms with Gasteiger partial charge in [0.15, 0.2) is 0 Å². The minimum Gasteiger partial charge on any atom is -0.465 e. The molecular formula is C51H54FN11O7S. The van der Waals surface area contributed by atoms with Crippen LogP contribution >= 0.6 is 11.3 Å². The van der Waals surface area contributed by atoms with Crippen molar-refractivity contribution >= 4 is 41.0 Å². The second-order valence-corrected chi connectivity index (χ2v) is 20.6. The van der Waals surface area contributed by atoms with Crippen molar-refractivity contribution in [3.05, 3.63) is 106 Å². The molecule has 6 atom stereocenters. The molecule has 4 amide bonds. The number of carbonyl (C=O) groups is 4. The Kier molecular flexibility index (Phi) is 11.4. The smallest absolute Gasteiger partial charge is 0.407 e. The average molecular weight is 984 g/mol. The first-order chi connectivity index (χ1) is 34.2. The number of H-pyrrole nitrogens is 2. The number of halogens is 1. The number of aromatic nitrogens is 6. The zero-order valence-electron chi connectivity index (χ0n) is 40.2. The van der Waals surface area contributed by atoms with Crippen LogP contribution in [0, 0.1) is 24.6 Å². The van der Waals surface area contributed by atoms with E-state index in [-0.39, 0.29) is 36.2 Å². The van der Waals surface area contributed by atoms with Crippen molar-refractivity contribution in [1.29, 1.82) is 0 Å². The summed E-state index contributed by atoms with van der Waals surface area (Å²) in [4.78, 5) is 84.1. The molecule has 4 aliphatic heterocycles. The van der Waals surface area contributed by atoms with Gasteiger partial charge in [0.2, 0.25) is 18.0 Å². The van der Waals surface area contributed by atoms with E-state index in [1.165, 1.54) is 31.6 Å². The standard InChI is InChI=1S/C51H54FN11O7S/c1-26(2)50(4,60-49(67)69-6)47(65)61-14-7-8-37(61)43-54-22-34(58-43)28-10-12-36-30(16-28)18-38-42-32(52)17-29(19-39(42)70-45(63(36)38)40-24-55-44(71-40)33-11-9-27(3)21-53-33)35-23-56-46(59-35)51-20-31(51)13-15-62(51)41(64)25-57-48(66)68-5/h9-12,16-17,19,21-24,26,31,37-38,45H,7-8,13-15,18,20,25H2,1-6H3,(H,54,58)(H,56,59)(H,57,66)(H,60,67)/t31?,37-,38?,45?,50?,51?/m0/s1. The molecule has 6 aromatic rings. The summed E-state index contributed by atoms with van der Waals surface area (Å²) in [5.41, 5.74) is 5.06. The molecule has 71 heavy (non-hydrogen) atoms. The molecule has 18 nitrogen and oxygen atoms in total. The summed E-state index contributed by atoms with van der Waals surface area (Å²) in [7, 11) is 2.53. The molecule has 8 heterocycles. The number of imidazole rings is 2. The van der Waals surface area contributed by atoms with Crippen LogP contribution in [0.25, 0.3) is 33.2 Å². The monoisotopic (exact) mass is 983 g/mol. The highest BCUT2D eigenvalue weighted by atomic mass is 32.1. The number of alkyl carbamates (subject to hydrolysis) is 2. The van der Waals surface area contributed by atoms with Crippen molar-refractivity contribution in [3.8, 4) is 39.0 Å². The number of rotatable bonds is 11. The number of aryl methyl sites for hydroxylation is 1. The van der Waals surface area contributed by atoms with Gasteiger partial charge in [0.25, 0.3) is 0 Å². The summed E-state index contributed by atoms with van der Waals surface area (Å²) in [6.07, 6.45) is 8.58. The highest BCUT2D eigenvalue weighted by Gasteiger charge is 2.66. The molecule has 368 valence electrons. The van der Waals surface area contributed by atoms with E-state index in [2.05, 4.69) is 41.3 Å². The number of hydrogen-bond acceptors (Lipinski definition) is 13. The van der Waals surface area contributed by atoms with E-state index >= 15 is 4.39 Å². The predicted octanol–water partition coefficient (Wildman–Crippen LogP) is 7.87. The maximum absolute atomic E-state index is 17.1. The molecule has 1 saturated carbocycles. The van der Waals surface area contributed by atoms with E-state index in [1.807, 2.05) is 57.3 Å². The Morgan fingerprint density at radius 2 is 1.73 bits per heavy atom. The van der Waals surface area contributed by atoms with Gasteiger partial charge in [-0.1, -0.05) is 26.0 Å². The van der Waals surface area contributed by atoms with Crippen LogP contribution in [0.4, 0.5) is 19.7 Å². The summed E-state index contributed by atoms with van der Waals surface area (Å²) in [6.45, 7) is 8.37. The van der Waals surface area contributed by atoms with E-state index in [4.69, 9.17) is 24.4 Å². The van der Waals surface area contributed by atoms with Crippen LogP contribution in [0.2, 0.25) is 0 Å². The van der Waals surface area contributed by atoms with E-state index < -0.39 is 41.4 Å². The largest absolute Gasteiger partial charge is 0.465 e. The van der Waals surface area contributed by atoms with Crippen molar-refractivity contribution in [3.63, 3.8) is 0 Å². The topological polar surface area (TPSA) is 213 Å². The Morgan fingerprint density at radius 3 is 2.49 bits per heavy atom. The van der Waals surface area contributed by atoms with Gasteiger partial charge in [-0.25, -0.2) is 28.9 Å². The number of nitrogens with zero attached hydrogens (tertiary/aromatic N) is 7. The molecule has 2 aromatic carbocycles. The number of thiazole rings is 1. The van der Waals surface area contributed by atoms with Crippen LogP contribution in [0.3, 0.4) is 0 Å². The predicted molar refractivity (Wildman–Crippen MR) is 259 cm³/mol. The molecule has 20 heteroatoms. The molecule has 1 aliphatic carbocycles. The number of fused-ring (bicyclic) bond motifs is 6. The van der Waals surface area contributed by atoms with Crippen LogP contribution in [-0.4, -0.2) is 103 Å². The normalized spacial score (nSPS) is 22.5. The second kappa shape index (κ2) is 17.5. The Hall–Kier alpha value is -7.35. The van der Waals surface area contributed by atoms with Gasteiger partial charge >= 0.3 is 12.2 Å². The van der Waals surface area contributed by atoms with Gasteiger partial charge in [0, 0.05) is 36.7 Å². The quantitative estimate of drug-likeness (QED) is 0.0977. The Balaban J connectivity index is 0.905. The second-order valence-electron chi connectivity index (χ2n) is 19.6. The van der Waals surface area contributed by atoms with Crippen molar-refractivity contribution in [1.82, 2.24) is 50.3 Å². The summed E-state index contributed by atoms with van der Waals surface area (Å²) < 4.78 is 33.5. The number of amides is 4. The lowest BCUT2D eigenvalue weighted by molar-refractivity contribution is -0.140. The third-order valence-corrected chi connectivity index (χ3v) is 16.3. The van der Waals surface area contributed by atoms with Crippen molar-refractivity contribution in [2.45, 2.75) is 89.2 Å². The van der Waals surface area contributed by atoms with Crippen LogP contribution in [0.1, 0.15) is 98.0 Å². The molecule has 11 rings (SSSR count). The number of pyridine rings is 1. The van der Waals surface area contributed by atoms with Gasteiger partial charge in [-0.15, -0.1) is 11.3 Å². The van der Waals surface area contributed by atoms with Gasteiger partial charge < -0.3 is 49.5 Å². The third-order valence-electron chi connectivity index (χ3n) is 15.2. The highest BCUT2D eigenvalue weighted by molar-refractivity contribution is 7.15. The van der Waals surface area contributed by atoms with E-state index in [0.717, 1.165) is 62.9 Å². The molecule has 0 spiro atoms. The summed E-state index contributed by atoms with van der Waals surface area (Å²) in [5, 5.41) is 6.01. The molecule has 3 fully saturated rings. The minimum atomic E-state index is -1.19. The van der Waals surface area contributed by atoms with Gasteiger partial charge in [0.1, 0.15) is 45.8 Å². The number of carbonyl (C=O) groups excluding carboxylic acids is 4. The first kappa shape index (κ1) is 46.1. The van der Waals surface area contributed by atoms with Gasteiger partial charge in [-0.3, -0.25) is 14.6 Å². The molecule has 0 radical (unpaired) electrons. The lowest BCUT2D eigenvalue weighted by Crippen LogP contribution is -2.60. The average Bonchev–Trinajstić information content (AvgIpc) is 4.16. The van der Waals surface area contributed by atoms with Gasteiger partial charge in [0.05, 0.1) is 66.2 Å². The maximum Gasteiger partial charge on any atom is 0.407 e. The first-order valence-corrected chi connectivity index (χ1v) is 24.7. The zero-order chi connectivity index (χ0) is 49.5. The molecule has 4 aromatic heterocycles. The summed E-state index contributed by atoms with van der Waals surface area (Å²) >= 11 is 1.47. The number of anilines is 1. The lowest BCUT2D eigenvalue weighted by Gasteiger charge is -2.40. The van der Waals surface area contributed by atoms with Crippen LogP contribution < -0.4 is 20.3 Å². The minimum absolute atomic E-state index is 0.194. The van der Waals surface area contributed by atoms with Crippen LogP contribution in [0.5, 0.6) is 5.75 Å². The fourth-order valence-corrected chi connectivity index (χ4v) is 11.9. The van der Waals surface area contributed by atoms with Gasteiger partial charge in [-0.05, 0) is 105 Å². The third kappa shape index (κ3) is 7.73. The summed E-state index contributed by atoms with van der Waals surface area (Å²) in [5.74, 6) is 0.822. The number of piperidine rings is 1. The van der Waals surface area contributed by atoms with E-state index in [9.17, 15) is 19.2 Å². The van der Waals surface area contributed by atoms with Crippen molar-refractivity contribution in [2.24, 2.45) is 11.8 Å². The van der Waals surface area contributed by atoms with E-state index in [1.54, 1.807) is 35.3 Å². The molecule has 5 aliphatic rings. The van der Waals surface area contributed by atoms with Crippen LogP contribution in [0.15, 0.2) is 67.3 Å². The van der Waals surface area contributed by atoms with Gasteiger partial charge in [-0.2, -0.15) is 0 Å². The molecular weight excluding hydrogens is 930 g/mol. The number of ether oxygens (including phenoxy) is 3. The number of methoxy groups -OCH3 is 2. The Labute approximate surface area is 412 Å². The first-order valence-electron chi connectivity index (χ1n) is 23.9. The number of benzene rings is 2. The van der Waals surface area contributed by atoms with E-state index in [0.29, 0.717) is 60.2 Å². The maximum atomic E-state index is 17.1. The fraction of sp³-hybridized carbons (Fsp3) is 0.412. The Morgan fingerprint density at radius 1 is 0.930 bits per heavy atom.